The van der Waals surface area contributed by atoms with E-state index in [1.165, 1.54) is 5.54 Å². The molecule has 0 amide bonds. The van der Waals surface area contributed by atoms with Crippen LogP contribution in [0, 0.1) is 0 Å². The van der Waals surface area contributed by atoms with Gasteiger partial charge in [0.25, 0.3) is 0 Å². The fourth-order valence-electron chi connectivity index (χ4n) is 0.861. The van der Waals surface area contributed by atoms with Crippen LogP contribution < -0.4 is 5.32 Å². The van der Waals surface area contributed by atoms with Crippen molar-refractivity contribution in [1.29, 1.82) is 0 Å². The Hall–Kier alpha value is -0.250. The molecule has 0 aromatic heterocycles. The summed E-state index contributed by atoms with van der Waals surface area (Å²) in [7, 11) is 0. The van der Waals surface area contributed by atoms with Gasteiger partial charge in [0.2, 0.25) is 0 Å². The maximum atomic E-state index is 10.6. The van der Waals surface area contributed by atoms with Crippen molar-refractivity contribution in [2.24, 2.45) is 0 Å². The summed E-state index contributed by atoms with van der Waals surface area (Å²) < 4.78 is 0. The van der Waals surface area contributed by atoms with E-state index in [1.807, 2.05) is 6.92 Å². The smallest absolute Gasteiger partial charge is 0.320 e. The molecule has 3 nitrogen and oxygen atoms in total. The van der Waals surface area contributed by atoms with Gasteiger partial charge in [0.1, 0.15) is 6.04 Å². The van der Waals surface area contributed by atoms with Crippen LogP contribution in [0.2, 0.25) is 0 Å². The largest absolute Gasteiger partial charge is 0.480 e. The maximum absolute atomic E-state index is 10.6. The molecule has 1 unspecified atom stereocenters. The highest BCUT2D eigenvalue weighted by Crippen LogP contribution is 2.03. The Balaban J connectivity index is 3.89. The molecule has 0 spiro atoms. The van der Waals surface area contributed by atoms with E-state index in [4.69, 9.17) is 28.3 Å². The predicted octanol–water partition coefficient (Wildman–Crippen LogP) is 2.15. The lowest BCUT2D eigenvalue weighted by Crippen LogP contribution is -2.37. The third kappa shape index (κ3) is 5.91. The van der Waals surface area contributed by atoms with Crippen LogP contribution in [0.15, 0.2) is 10.6 Å². The lowest BCUT2D eigenvalue weighted by molar-refractivity contribution is -0.139. The molecule has 76 valence electrons. The van der Waals surface area contributed by atoms with Gasteiger partial charge < -0.3 is 5.11 Å². The second-order valence-electron chi connectivity index (χ2n) is 2.62. The molecule has 0 aliphatic carbocycles. The van der Waals surface area contributed by atoms with Crippen molar-refractivity contribution in [2.45, 2.75) is 25.8 Å². The number of halogens is 2. The van der Waals surface area contributed by atoms with Gasteiger partial charge in [0.05, 0.1) is 0 Å². The summed E-state index contributed by atoms with van der Waals surface area (Å²) in [5.41, 5.74) is 1.22. The molecule has 0 radical (unpaired) electrons. The van der Waals surface area contributed by atoms with Crippen molar-refractivity contribution >= 4 is 29.2 Å². The lowest BCUT2D eigenvalue weighted by atomic mass is 10.2. The van der Waals surface area contributed by atoms with E-state index in [2.05, 4.69) is 5.32 Å². The fourth-order valence-corrected chi connectivity index (χ4v) is 1.02. The number of hydrogen-bond donors (Lipinski definition) is 2. The highest BCUT2D eigenvalue weighted by molar-refractivity contribution is 6.36. The summed E-state index contributed by atoms with van der Waals surface area (Å²) in [6.07, 6.45) is 1.40. The minimum atomic E-state index is -0.860. The molecular weight excluding hydrogens is 213 g/mol. The Bertz CT molecular complexity index is 195. The first-order valence-corrected chi connectivity index (χ1v) is 4.84. The first kappa shape index (κ1) is 12.8. The number of hydrogen-bond acceptors (Lipinski definition) is 2. The molecule has 0 saturated carbocycles. The van der Waals surface area contributed by atoms with Gasteiger partial charge in [0.15, 0.2) is 0 Å². The molecule has 0 aliphatic heterocycles. The van der Waals surface area contributed by atoms with Crippen molar-refractivity contribution in [3.05, 3.63) is 10.6 Å². The average Bonchev–Trinajstić information content (AvgIpc) is 2.11. The number of aliphatic carboxylic acids is 1. The summed E-state index contributed by atoms with van der Waals surface area (Å²) >= 11 is 10.9. The van der Waals surface area contributed by atoms with Crippen LogP contribution in [0.25, 0.3) is 0 Å². The van der Waals surface area contributed by atoms with Crippen LogP contribution in [-0.2, 0) is 4.79 Å². The monoisotopic (exact) mass is 225 g/mol. The van der Waals surface area contributed by atoms with Crippen LogP contribution >= 0.6 is 23.2 Å². The summed E-state index contributed by atoms with van der Waals surface area (Å²) in [6.45, 7) is 2.22. The van der Waals surface area contributed by atoms with Crippen molar-refractivity contribution < 1.29 is 9.90 Å². The van der Waals surface area contributed by atoms with Crippen LogP contribution in [0.3, 0.4) is 0 Å². The van der Waals surface area contributed by atoms with Crippen LogP contribution in [0.1, 0.15) is 19.8 Å². The zero-order valence-corrected chi connectivity index (χ0v) is 8.90. The van der Waals surface area contributed by atoms with E-state index < -0.39 is 12.0 Å². The molecule has 0 aromatic carbocycles. The molecule has 5 heteroatoms. The van der Waals surface area contributed by atoms with Gasteiger partial charge in [-0.25, -0.2) is 0 Å². The van der Waals surface area contributed by atoms with Crippen molar-refractivity contribution in [3.63, 3.8) is 0 Å². The molecular formula is C8H13Cl2NO2. The topological polar surface area (TPSA) is 49.3 Å². The summed E-state index contributed by atoms with van der Waals surface area (Å²) in [6, 6.07) is -0.546. The second kappa shape index (κ2) is 7.18. The molecule has 0 aliphatic rings. The van der Waals surface area contributed by atoms with Gasteiger partial charge >= 0.3 is 5.97 Å². The van der Waals surface area contributed by atoms with Gasteiger partial charge in [-0.15, -0.1) is 0 Å². The minimum absolute atomic E-state index is 0.294. The van der Waals surface area contributed by atoms with Gasteiger partial charge in [-0.2, -0.15) is 0 Å². The SMILES string of the molecule is CCCC(NCC(Cl)=CCl)C(=O)O. The van der Waals surface area contributed by atoms with E-state index in [0.29, 0.717) is 18.0 Å². The summed E-state index contributed by atoms with van der Waals surface area (Å²) in [5.74, 6) is -0.860. The Morgan fingerprint density at radius 3 is 2.69 bits per heavy atom. The Morgan fingerprint density at radius 2 is 2.31 bits per heavy atom. The number of carbonyl (C=O) groups is 1. The normalized spacial score (nSPS) is 14.2. The summed E-state index contributed by atoms with van der Waals surface area (Å²) in [5, 5.41) is 11.9. The van der Waals surface area contributed by atoms with Crippen LogP contribution in [-0.4, -0.2) is 23.7 Å². The Kier molecular flexibility index (Phi) is 7.04. The quantitative estimate of drug-likeness (QED) is 0.729. The first-order valence-electron chi connectivity index (χ1n) is 4.02. The molecule has 0 aromatic rings. The zero-order valence-electron chi connectivity index (χ0n) is 7.39. The predicted molar refractivity (Wildman–Crippen MR) is 54.1 cm³/mol. The number of rotatable bonds is 6. The molecule has 2 N–H and O–H groups in total. The minimum Gasteiger partial charge on any atom is -0.480 e. The molecule has 0 heterocycles. The second-order valence-corrected chi connectivity index (χ2v) is 3.32. The van der Waals surface area contributed by atoms with Gasteiger partial charge in [0, 0.05) is 17.1 Å². The number of carboxylic acids is 1. The van der Waals surface area contributed by atoms with Gasteiger partial charge in [-0.1, -0.05) is 36.5 Å². The fraction of sp³-hybridized carbons (Fsp3) is 0.625. The molecule has 0 bridgehead atoms. The highest BCUT2D eigenvalue weighted by atomic mass is 35.5. The molecule has 0 fully saturated rings. The third-order valence-electron chi connectivity index (χ3n) is 1.51. The van der Waals surface area contributed by atoms with E-state index >= 15 is 0 Å². The lowest BCUT2D eigenvalue weighted by Gasteiger charge is -2.12. The third-order valence-corrected chi connectivity index (χ3v) is 2.13. The van der Waals surface area contributed by atoms with Crippen molar-refractivity contribution in [3.8, 4) is 0 Å². The highest BCUT2D eigenvalue weighted by Gasteiger charge is 2.14. The molecule has 0 saturated heterocycles. The van der Waals surface area contributed by atoms with Crippen LogP contribution in [0.5, 0.6) is 0 Å². The molecule has 0 rings (SSSR count). The standard InChI is InChI=1S/C8H13Cl2NO2/c1-2-3-7(8(12)13)11-5-6(10)4-9/h4,7,11H,2-3,5H2,1H3,(H,12,13). The number of carboxylic acid groups (broad SMARTS) is 1. The van der Waals surface area contributed by atoms with E-state index in [0.717, 1.165) is 6.42 Å². The van der Waals surface area contributed by atoms with Gasteiger partial charge in [-0.3, -0.25) is 10.1 Å². The number of nitrogens with one attached hydrogen (secondary N) is 1. The molecule has 13 heavy (non-hydrogen) atoms. The Labute approximate surface area is 87.7 Å². The van der Waals surface area contributed by atoms with Gasteiger partial charge in [-0.05, 0) is 6.42 Å². The maximum Gasteiger partial charge on any atom is 0.320 e. The molecule has 1 atom stereocenters. The Morgan fingerprint density at radius 1 is 1.69 bits per heavy atom. The van der Waals surface area contributed by atoms with Crippen LogP contribution in [0.4, 0.5) is 0 Å². The van der Waals surface area contributed by atoms with E-state index in [-0.39, 0.29) is 0 Å². The average molecular weight is 226 g/mol. The zero-order chi connectivity index (χ0) is 10.3. The van der Waals surface area contributed by atoms with Crippen molar-refractivity contribution in [1.82, 2.24) is 5.32 Å². The van der Waals surface area contributed by atoms with Crippen molar-refractivity contribution in [2.75, 3.05) is 6.54 Å². The van der Waals surface area contributed by atoms with E-state index in [1.54, 1.807) is 0 Å². The summed E-state index contributed by atoms with van der Waals surface area (Å²) in [4.78, 5) is 10.6. The van der Waals surface area contributed by atoms with E-state index in [9.17, 15) is 4.79 Å². The first-order chi connectivity index (χ1) is 6.11.